The molecule has 0 unspecified atom stereocenters. The number of rotatable bonds is 7. The number of nitrogens with zero attached hydrogens (tertiary/aromatic N) is 2. The molecule has 1 saturated carbocycles. The Balaban J connectivity index is 1.55. The second-order valence-electron chi connectivity index (χ2n) is 7.24. The topological polar surface area (TPSA) is 62.7 Å². The van der Waals surface area contributed by atoms with Gasteiger partial charge in [0.25, 0.3) is 0 Å². The molecule has 29 heavy (non-hydrogen) atoms. The fourth-order valence-electron chi connectivity index (χ4n) is 3.34. The number of ether oxygens (including phenoxy) is 1. The number of hydrogen-bond acceptors (Lipinski definition) is 5. The van der Waals surface area contributed by atoms with E-state index in [0.717, 1.165) is 16.4 Å². The maximum atomic E-state index is 12.8. The summed E-state index contributed by atoms with van der Waals surface area (Å²) in [6.45, 7) is 0.381. The first-order valence-electron chi connectivity index (χ1n) is 9.44. The number of anilines is 1. The Labute approximate surface area is 171 Å². The molecule has 9 heteroatoms. The van der Waals surface area contributed by atoms with Gasteiger partial charge in [0.1, 0.15) is 5.75 Å². The van der Waals surface area contributed by atoms with Gasteiger partial charge in [0, 0.05) is 24.5 Å². The van der Waals surface area contributed by atoms with Crippen molar-refractivity contribution in [1.82, 2.24) is 4.98 Å². The van der Waals surface area contributed by atoms with Crippen LogP contribution in [0.2, 0.25) is 0 Å². The number of carboxylic acid groups (broad SMARTS) is 1. The standard InChI is InChI=1S/C20H23F3N2O3S/c1-25(11-10-18(26)27)19-24-17(12-29-19)13-2-6-15(7-3-13)28-16-8-4-14(5-9-16)20(21,22)23/h2-3,6-7,12,14,16H,4-5,8-11H2,1H3,(H,26,27)/t14-,16+. The Morgan fingerprint density at radius 1 is 1.24 bits per heavy atom. The van der Waals surface area contributed by atoms with E-state index in [1.54, 1.807) is 24.1 Å². The highest BCUT2D eigenvalue weighted by molar-refractivity contribution is 7.14. The van der Waals surface area contributed by atoms with Crippen molar-refractivity contribution < 1.29 is 27.8 Å². The van der Waals surface area contributed by atoms with E-state index in [-0.39, 0.29) is 25.4 Å². The fourth-order valence-corrected chi connectivity index (χ4v) is 4.16. The van der Waals surface area contributed by atoms with Gasteiger partial charge >= 0.3 is 12.1 Å². The molecule has 5 nitrogen and oxygen atoms in total. The van der Waals surface area contributed by atoms with Crippen LogP contribution in [0.25, 0.3) is 11.3 Å². The molecule has 1 N–H and O–H groups in total. The molecule has 1 aliphatic carbocycles. The Morgan fingerprint density at radius 2 is 1.90 bits per heavy atom. The van der Waals surface area contributed by atoms with Gasteiger partial charge in [-0.1, -0.05) is 0 Å². The molecule has 3 rings (SSSR count). The van der Waals surface area contributed by atoms with Crippen molar-refractivity contribution in [2.75, 3.05) is 18.5 Å². The van der Waals surface area contributed by atoms with Crippen LogP contribution in [0.15, 0.2) is 29.6 Å². The molecule has 1 aromatic heterocycles. The van der Waals surface area contributed by atoms with Gasteiger partial charge in [-0.25, -0.2) is 4.98 Å². The highest BCUT2D eigenvalue weighted by Gasteiger charge is 2.41. The first-order valence-corrected chi connectivity index (χ1v) is 10.3. The molecule has 158 valence electrons. The maximum Gasteiger partial charge on any atom is 0.391 e. The number of carbonyl (C=O) groups is 1. The van der Waals surface area contributed by atoms with E-state index in [9.17, 15) is 18.0 Å². The van der Waals surface area contributed by atoms with Crippen LogP contribution in [0.3, 0.4) is 0 Å². The summed E-state index contributed by atoms with van der Waals surface area (Å²) in [5.41, 5.74) is 1.68. The monoisotopic (exact) mass is 428 g/mol. The third-order valence-corrected chi connectivity index (χ3v) is 6.02. The molecule has 1 aliphatic rings. The summed E-state index contributed by atoms with van der Waals surface area (Å²) in [4.78, 5) is 17.0. The van der Waals surface area contributed by atoms with Gasteiger partial charge in [-0.2, -0.15) is 13.2 Å². The van der Waals surface area contributed by atoms with Crippen molar-refractivity contribution in [3.05, 3.63) is 29.6 Å². The van der Waals surface area contributed by atoms with Crippen molar-refractivity contribution in [3.8, 4) is 17.0 Å². The van der Waals surface area contributed by atoms with Crippen LogP contribution in [-0.4, -0.2) is 41.9 Å². The molecule has 1 heterocycles. The minimum atomic E-state index is -4.11. The van der Waals surface area contributed by atoms with Crippen molar-refractivity contribution in [1.29, 1.82) is 0 Å². The van der Waals surface area contributed by atoms with Crippen LogP contribution in [0.5, 0.6) is 5.75 Å². The average molecular weight is 428 g/mol. The minimum absolute atomic E-state index is 0.0440. The van der Waals surface area contributed by atoms with Crippen LogP contribution in [0.4, 0.5) is 18.3 Å². The van der Waals surface area contributed by atoms with Gasteiger partial charge in [0.05, 0.1) is 24.1 Å². The number of carboxylic acids is 1. The molecule has 0 bridgehead atoms. The molecule has 0 atom stereocenters. The summed E-state index contributed by atoms with van der Waals surface area (Å²) in [7, 11) is 1.80. The summed E-state index contributed by atoms with van der Waals surface area (Å²) in [6, 6.07) is 7.34. The van der Waals surface area contributed by atoms with Gasteiger partial charge in [-0.15, -0.1) is 11.3 Å². The largest absolute Gasteiger partial charge is 0.490 e. The third kappa shape index (κ3) is 5.85. The molecule has 0 spiro atoms. The quantitative estimate of drug-likeness (QED) is 0.655. The van der Waals surface area contributed by atoms with E-state index in [0.29, 0.717) is 25.1 Å². The lowest BCUT2D eigenvalue weighted by molar-refractivity contribution is -0.185. The molecule has 2 aromatic rings. The Kier molecular flexibility index (Phi) is 6.66. The molecule has 0 radical (unpaired) electrons. The first-order chi connectivity index (χ1) is 13.7. The van der Waals surface area contributed by atoms with Gasteiger partial charge in [0.2, 0.25) is 0 Å². The molecule has 1 fully saturated rings. The van der Waals surface area contributed by atoms with Gasteiger partial charge in [-0.3, -0.25) is 4.79 Å². The third-order valence-electron chi connectivity index (χ3n) is 5.07. The van der Waals surface area contributed by atoms with E-state index in [1.807, 2.05) is 17.5 Å². The average Bonchev–Trinajstić information content (AvgIpc) is 3.17. The number of halogens is 3. The predicted octanol–water partition coefficient (Wildman–Crippen LogP) is 5.22. The number of aliphatic carboxylic acids is 1. The Hall–Kier alpha value is -2.29. The highest BCUT2D eigenvalue weighted by Crippen LogP contribution is 2.38. The van der Waals surface area contributed by atoms with E-state index >= 15 is 0 Å². The zero-order valence-corrected chi connectivity index (χ0v) is 16.8. The maximum absolute atomic E-state index is 12.8. The van der Waals surface area contributed by atoms with Crippen molar-refractivity contribution in [2.45, 2.75) is 44.4 Å². The van der Waals surface area contributed by atoms with Crippen LogP contribution in [-0.2, 0) is 4.79 Å². The van der Waals surface area contributed by atoms with Crippen LogP contribution in [0, 0.1) is 5.92 Å². The van der Waals surface area contributed by atoms with E-state index in [1.165, 1.54) is 11.3 Å². The Morgan fingerprint density at radius 3 is 2.48 bits per heavy atom. The number of hydrogen-bond donors (Lipinski definition) is 1. The summed E-state index contributed by atoms with van der Waals surface area (Å²) in [6.07, 6.45) is -3.21. The summed E-state index contributed by atoms with van der Waals surface area (Å²) < 4.78 is 44.1. The number of thiazole rings is 1. The minimum Gasteiger partial charge on any atom is -0.490 e. The lowest BCUT2D eigenvalue weighted by Crippen LogP contribution is -2.31. The van der Waals surface area contributed by atoms with Crippen LogP contribution >= 0.6 is 11.3 Å². The van der Waals surface area contributed by atoms with Crippen LogP contribution in [0.1, 0.15) is 32.1 Å². The zero-order valence-electron chi connectivity index (χ0n) is 16.0. The second-order valence-corrected chi connectivity index (χ2v) is 8.07. The van der Waals surface area contributed by atoms with Crippen molar-refractivity contribution in [3.63, 3.8) is 0 Å². The lowest BCUT2D eigenvalue weighted by atomic mass is 9.87. The number of aromatic nitrogens is 1. The van der Waals surface area contributed by atoms with E-state index in [2.05, 4.69) is 4.98 Å². The summed E-state index contributed by atoms with van der Waals surface area (Å²) in [5, 5.41) is 11.4. The molecule has 1 aromatic carbocycles. The number of benzene rings is 1. The smallest absolute Gasteiger partial charge is 0.391 e. The second kappa shape index (κ2) is 9.02. The van der Waals surface area contributed by atoms with E-state index in [4.69, 9.17) is 9.84 Å². The van der Waals surface area contributed by atoms with Gasteiger partial charge in [-0.05, 0) is 49.9 Å². The molecular formula is C20H23F3N2O3S. The summed E-state index contributed by atoms with van der Waals surface area (Å²) in [5.74, 6) is -1.42. The first kappa shape index (κ1) is 21.4. The fraction of sp³-hybridized carbons (Fsp3) is 0.500. The summed E-state index contributed by atoms with van der Waals surface area (Å²) >= 11 is 1.44. The molecule has 0 amide bonds. The molecule has 0 aliphatic heterocycles. The molecule has 0 saturated heterocycles. The van der Waals surface area contributed by atoms with Gasteiger partial charge in [0.15, 0.2) is 5.13 Å². The normalized spacial score (nSPS) is 19.7. The lowest BCUT2D eigenvalue weighted by Gasteiger charge is -2.30. The molecular weight excluding hydrogens is 405 g/mol. The van der Waals surface area contributed by atoms with Crippen molar-refractivity contribution in [2.24, 2.45) is 5.92 Å². The van der Waals surface area contributed by atoms with Gasteiger partial charge < -0.3 is 14.7 Å². The highest BCUT2D eigenvalue weighted by atomic mass is 32.1. The SMILES string of the molecule is CN(CCC(=O)O)c1nc(-c2ccc(O[C@H]3CC[C@@H](C(F)(F)F)CC3)cc2)cs1. The van der Waals surface area contributed by atoms with E-state index < -0.39 is 18.1 Å². The van der Waals surface area contributed by atoms with Crippen LogP contribution < -0.4 is 9.64 Å². The van der Waals surface area contributed by atoms with Crippen molar-refractivity contribution >= 4 is 22.4 Å². The zero-order chi connectivity index (χ0) is 21.0. The Bertz CT molecular complexity index is 815. The number of alkyl halides is 3. The predicted molar refractivity (Wildman–Crippen MR) is 106 cm³/mol.